The lowest BCUT2D eigenvalue weighted by molar-refractivity contribution is 0.681. The molecular formula is C11H11N3. The number of anilines is 1. The van der Waals surface area contributed by atoms with E-state index in [9.17, 15) is 0 Å². The molecule has 0 bridgehead atoms. The Labute approximate surface area is 83.4 Å². The number of nitrogens with two attached hydrogens (primary N) is 1. The SMILES string of the molecule is N#CCC(C#N)Cc1ccccc1N. The van der Waals surface area contributed by atoms with Gasteiger partial charge in [-0.2, -0.15) is 10.5 Å². The average molecular weight is 185 g/mol. The van der Waals surface area contributed by atoms with E-state index in [0.717, 1.165) is 5.56 Å². The first-order valence-electron chi connectivity index (χ1n) is 4.38. The van der Waals surface area contributed by atoms with E-state index < -0.39 is 0 Å². The summed E-state index contributed by atoms with van der Waals surface area (Å²) in [5, 5.41) is 17.3. The van der Waals surface area contributed by atoms with Crippen LogP contribution in [0, 0.1) is 28.6 Å². The zero-order valence-corrected chi connectivity index (χ0v) is 7.77. The van der Waals surface area contributed by atoms with Crippen molar-refractivity contribution in [1.29, 1.82) is 10.5 Å². The van der Waals surface area contributed by atoms with Crippen molar-refractivity contribution in [1.82, 2.24) is 0 Å². The second-order valence-corrected chi connectivity index (χ2v) is 3.09. The fourth-order valence-corrected chi connectivity index (χ4v) is 1.26. The second kappa shape index (κ2) is 4.89. The van der Waals surface area contributed by atoms with Gasteiger partial charge in [0.2, 0.25) is 0 Å². The van der Waals surface area contributed by atoms with E-state index in [4.69, 9.17) is 16.3 Å². The molecule has 0 fully saturated rings. The lowest BCUT2D eigenvalue weighted by atomic mass is 9.97. The Morgan fingerprint density at radius 2 is 2.00 bits per heavy atom. The van der Waals surface area contributed by atoms with Gasteiger partial charge in [0.25, 0.3) is 0 Å². The topological polar surface area (TPSA) is 73.6 Å². The minimum absolute atomic E-state index is 0.255. The van der Waals surface area contributed by atoms with Crippen LogP contribution in [0.1, 0.15) is 12.0 Å². The van der Waals surface area contributed by atoms with Crippen LogP contribution in [0.25, 0.3) is 0 Å². The number of nitrogens with zero attached hydrogens (tertiary/aromatic N) is 2. The molecule has 3 nitrogen and oxygen atoms in total. The van der Waals surface area contributed by atoms with E-state index in [0.29, 0.717) is 12.1 Å². The van der Waals surface area contributed by atoms with Gasteiger partial charge in [-0.1, -0.05) is 18.2 Å². The maximum absolute atomic E-state index is 8.77. The Morgan fingerprint density at radius 1 is 1.29 bits per heavy atom. The van der Waals surface area contributed by atoms with Crippen LogP contribution in [-0.4, -0.2) is 0 Å². The minimum atomic E-state index is -0.260. The van der Waals surface area contributed by atoms with Crippen LogP contribution < -0.4 is 5.73 Å². The summed E-state index contributed by atoms with van der Waals surface area (Å²) < 4.78 is 0. The van der Waals surface area contributed by atoms with Crippen molar-refractivity contribution in [3.8, 4) is 12.1 Å². The van der Waals surface area contributed by atoms with Crippen LogP contribution in [0.2, 0.25) is 0 Å². The summed E-state index contributed by atoms with van der Waals surface area (Å²) in [7, 11) is 0. The van der Waals surface area contributed by atoms with Gasteiger partial charge >= 0.3 is 0 Å². The second-order valence-electron chi connectivity index (χ2n) is 3.09. The maximum Gasteiger partial charge on any atom is 0.0670 e. The third-order valence-corrected chi connectivity index (χ3v) is 2.04. The number of rotatable bonds is 3. The van der Waals surface area contributed by atoms with Crippen molar-refractivity contribution in [2.24, 2.45) is 5.92 Å². The van der Waals surface area contributed by atoms with Crippen molar-refractivity contribution >= 4 is 5.69 Å². The van der Waals surface area contributed by atoms with E-state index in [2.05, 4.69) is 6.07 Å². The molecule has 0 heterocycles. The summed E-state index contributed by atoms with van der Waals surface area (Å²) in [6.45, 7) is 0. The van der Waals surface area contributed by atoms with Crippen molar-refractivity contribution in [2.45, 2.75) is 12.8 Å². The van der Waals surface area contributed by atoms with E-state index >= 15 is 0 Å². The third kappa shape index (κ3) is 2.50. The number of nitrogen functional groups attached to an aromatic ring is 1. The van der Waals surface area contributed by atoms with Gasteiger partial charge in [-0.25, -0.2) is 0 Å². The summed E-state index contributed by atoms with van der Waals surface area (Å²) in [5.41, 5.74) is 7.35. The highest BCUT2D eigenvalue weighted by atomic mass is 14.6. The van der Waals surface area contributed by atoms with Gasteiger partial charge in [-0.05, 0) is 18.1 Å². The average Bonchev–Trinajstić information content (AvgIpc) is 2.20. The highest BCUT2D eigenvalue weighted by Crippen LogP contribution is 2.16. The van der Waals surface area contributed by atoms with Crippen LogP contribution in [0.5, 0.6) is 0 Å². The summed E-state index contributed by atoms with van der Waals surface area (Å²) >= 11 is 0. The molecule has 1 atom stereocenters. The Morgan fingerprint density at radius 3 is 2.57 bits per heavy atom. The molecule has 0 saturated carbocycles. The Kier molecular flexibility index (Phi) is 3.52. The molecular weight excluding hydrogens is 174 g/mol. The van der Waals surface area contributed by atoms with E-state index in [-0.39, 0.29) is 12.3 Å². The fraction of sp³-hybridized carbons (Fsp3) is 0.273. The lowest BCUT2D eigenvalue weighted by Crippen LogP contribution is -2.03. The fourth-order valence-electron chi connectivity index (χ4n) is 1.26. The normalized spacial score (nSPS) is 11.3. The van der Waals surface area contributed by atoms with Gasteiger partial charge in [0.15, 0.2) is 0 Å². The monoisotopic (exact) mass is 185 g/mol. The Balaban J connectivity index is 2.74. The third-order valence-electron chi connectivity index (χ3n) is 2.04. The van der Waals surface area contributed by atoms with Gasteiger partial charge in [0.05, 0.1) is 24.5 Å². The number of nitriles is 2. The summed E-state index contributed by atoms with van der Waals surface area (Å²) in [4.78, 5) is 0. The standard InChI is InChI=1S/C11H11N3/c12-6-5-9(8-13)7-10-3-1-2-4-11(10)14/h1-4,9H,5,7,14H2. The highest BCUT2D eigenvalue weighted by molar-refractivity contribution is 5.46. The lowest BCUT2D eigenvalue weighted by Gasteiger charge is -2.07. The number of benzene rings is 1. The van der Waals surface area contributed by atoms with Crippen molar-refractivity contribution in [2.75, 3.05) is 5.73 Å². The van der Waals surface area contributed by atoms with E-state index in [1.165, 1.54) is 0 Å². The summed E-state index contributed by atoms with van der Waals surface area (Å²) in [5.74, 6) is -0.260. The maximum atomic E-state index is 8.77. The molecule has 0 radical (unpaired) electrons. The number of para-hydroxylation sites is 1. The van der Waals surface area contributed by atoms with E-state index in [1.54, 1.807) is 6.07 Å². The largest absolute Gasteiger partial charge is 0.399 e. The van der Waals surface area contributed by atoms with Crippen molar-refractivity contribution in [3.05, 3.63) is 29.8 Å². The molecule has 14 heavy (non-hydrogen) atoms. The molecule has 0 aliphatic heterocycles. The Hall–Kier alpha value is -2.00. The molecule has 0 spiro atoms. The predicted octanol–water partition coefficient (Wildman–Crippen LogP) is 1.86. The molecule has 1 unspecified atom stereocenters. The van der Waals surface area contributed by atoms with Gasteiger partial charge < -0.3 is 5.73 Å². The van der Waals surface area contributed by atoms with Crippen molar-refractivity contribution < 1.29 is 0 Å². The first-order valence-corrected chi connectivity index (χ1v) is 4.38. The van der Waals surface area contributed by atoms with Crippen LogP contribution in [0.15, 0.2) is 24.3 Å². The molecule has 3 heteroatoms. The zero-order valence-electron chi connectivity index (χ0n) is 7.77. The molecule has 1 rings (SSSR count). The highest BCUT2D eigenvalue weighted by Gasteiger charge is 2.09. The number of hydrogen-bond donors (Lipinski definition) is 1. The molecule has 70 valence electrons. The van der Waals surface area contributed by atoms with Gasteiger partial charge in [0.1, 0.15) is 0 Å². The van der Waals surface area contributed by atoms with Crippen molar-refractivity contribution in [3.63, 3.8) is 0 Å². The van der Waals surface area contributed by atoms with Crippen LogP contribution in [0.4, 0.5) is 5.69 Å². The molecule has 2 N–H and O–H groups in total. The van der Waals surface area contributed by atoms with Crippen LogP contribution in [0.3, 0.4) is 0 Å². The molecule has 0 amide bonds. The molecule has 0 saturated heterocycles. The number of hydrogen-bond acceptors (Lipinski definition) is 3. The summed E-state index contributed by atoms with van der Waals surface area (Å²) in [6, 6.07) is 11.5. The molecule has 1 aromatic rings. The zero-order chi connectivity index (χ0) is 10.4. The van der Waals surface area contributed by atoms with Crippen LogP contribution in [-0.2, 0) is 6.42 Å². The molecule has 0 aromatic heterocycles. The first kappa shape index (κ1) is 10.1. The summed E-state index contributed by atoms with van der Waals surface area (Å²) in [6.07, 6.45) is 0.807. The molecule has 1 aromatic carbocycles. The van der Waals surface area contributed by atoms with Crippen LogP contribution >= 0.6 is 0 Å². The predicted molar refractivity (Wildman–Crippen MR) is 53.9 cm³/mol. The molecule has 0 aliphatic carbocycles. The van der Waals surface area contributed by atoms with Gasteiger partial charge in [-0.3, -0.25) is 0 Å². The first-order chi connectivity index (χ1) is 6.77. The smallest absolute Gasteiger partial charge is 0.0670 e. The quantitative estimate of drug-likeness (QED) is 0.730. The van der Waals surface area contributed by atoms with Gasteiger partial charge in [0, 0.05) is 5.69 Å². The minimum Gasteiger partial charge on any atom is -0.399 e. The van der Waals surface area contributed by atoms with E-state index in [1.807, 2.05) is 24.3 Å². The molecule has 0 aliphatic rings. The van der Waals surface area contributed by atoms with Gasteiger partial charge in [-0.15, -0.1) is 0 Å². The Bertz CT molecular complexity index is 384.